The van der Waals surface area contributed by atoms with Gasteiger partial charge in [0.1, 0.15) is 0 Å². The standard InChI is InChI=1S/C6H12O4S/c7-4-5(8)3-6(1-2-6)11(9)10/h5,7-8H,1-4H2,(H,9,10)/t5-/m1/s1. The summed E-state index contributed by atoms with van der Waals surface area (Å²) in [7, 11) is 0. The van der Waals surface area contributed by atoms with Crippen LogP contribution in [0.2, 0.25) is 0 Å². The zero-order valence-electron chi connectivity index (χ0n) is 6.06. The Labute approximate surface area is 67.5 Å². The van der Waals surface area contributed by atoms with E-state index in [1.165, 1.54) is 0 Å². The van der Waals surface area contributed by atoms with Crippen LogP contribution in [0.3, 0.4) is 0 Å². The largest absolute Gasteiger partial charge is 0.394 e. The van der Waals surface area contributed by atoms with Crippen molar-refractivity contribution >= 4 is 11.1 Å². The van der Waals surface area contributed by atoms with E-state index >= 15 is 0 Å². The van der Waals surface area contributed by atoms with Gasteiger partial charge >= 0.3 is 0 Å². The quantitative estimate of drug-likeness (QED) is 0.509. The second kappa shape index (κ2) is 3.18. The van der Waals surface area contributed by atoms with Gasteiger partial charge in [0.05, 0.1) is 17.5 Å². The molecule has 0 saturated heterocycles. The second-order valence-corrected chi connectivity index (χ2v) is 4.34. The fourth-order valence-electron chi connectivity index (χ4n) is 1.08. The number of rotatable bonds is 4. The summed E-state index contributed by atoms with van der Waals surface area (Å²) < 4.78 is 18.8. The fourth-order valence-corrected chi connectivity index (χ4v) is 1.87. The van der Waals surface area contributed by atoms with Crippen molar-refractivity contribution in [3.05, 3.63) is 0 Å². The van der Waals surface area contributed by atoms with Gasteiger partial charge < -0.3 is 14.8 Å². The Hall–Kier alpha value is 0.0300. The van der Waals surface area contributed by atoms with Crippen molar-refractivity contribution in [2.24, 2.45) is 0 Å². The molecular formula is C6H12O4S. The molecule has 0 amide bonds. The minimum atomic E-state index is -1.86. The average Bonchev–Trinajstić information content (AvgIpc) is 2.69. The maximum Gasteiger partial charge on any atom is 0.159 e. The molecule has 3 N–H and O–H groups in total. The van der Waals surface area contributed by atoms with Gasteiger partial charge in [0, 0.05) is 0 Å². The highest BCUT2D eigenvalue weighted by molar-refractivity contribution is 7.81. The SMILES string of the molecule is O=S(O)C1(C[C@@H](O)CO)CC1. The van der Waals surface area contributed by atoms with E-state index in [0.29, 0.717) is 12.8 Å². The van der Waals surface area contributed by atoms with Gasteiger partial charge in [-0.15, -0.1) is 0 Å². The maximum atomic E-state index is 10.7. The number of aliphatic hydroxyl groups excluding tert-OH is 2. The highest BCUT2D eigenvalue weighted by Gasteiger charge is 2.49. The van der Waals surface area contributed by atoms with Crippen molar-refractivity contribution in [1.82, 2.24) is 0 Å². The highest BCUT2D eigenvalue weighted by atomic mass is 32.2. The van der Waals surface area contributed by atoms with Gasteiger partial charge in [0.15, 0.2) is 11.1 Å². The summed E-state index contributed by atoms with van der Waals surface area (Å²) in [6.07, 6.45) is 0.723. The van der Waals surface area contributed by atoms with Crippen LogP contribution in [-0.2, 0) is 11.1 Å². The van der Waals surface area contributed by atoms with Crippen molar-refractivity contribution in [3.63, 3.8) is 0 Å². The molecule has 0 bridgehead atoms. The van der Waals surface area contributed by atoms with Crippen LogP contribution in [0, 0.1) is 0 Å². The Morgan fingerprint density at radius 2 is 2.09 bits per heavy atom. The van der Waals surface area contributed by atoms with Gasteiger partial charge in [0.2, 0.25) is 0 Å². The Morgan fingerprint density at radius 3 is 2.36 bits per heavy atom. The summed E-state index contributed by atoms with van der Waals surface area (Å²) in [5.41, 5.74) is 0. The van der Waals surface area contributed by atoms with E-state index in [4.69, 9.17) is 14.8 Å². The molecular weight excluding hydrogens is 168 g/mol. The zero-order valence-corrected chi connectivity index (χ0v) is 6.88. The highest BCUT2D eigenvalue weighted by Crippen LogP contribution is 2.44. The zero-order chi connectivity index (χ0) is 8.48. The lowest BCUT2D eigenvalue weighted by Crippen LogP contribution is -2.25. The first kappa shape index (κ1) is 9.12. The molecule has 0 aliphatic heterocycles. The molecule has 0 aromatic heterocycles. The summed E-state index contributed by atoms with van der Waals surface area (Å²) in [4.78, 5) is 0. The van der Waals surface area contributed by atoms with Crippen molar-refractivity contribution in [2.45, 2.75) is 30.1 Å². The van der Waals surface area contributed by atoms with Gasteiger partial charge in [-0.25, -0.2) is 4.21 Å². The van der Waals surface area contributed by atoms with Crippen LogP contribution in [0.25, 0.3) is 0 Å². The molecule has 1 rings (SSSR count). The monoisotopic (exact) mass is 180 g/mol. The molecule has 2 atom stereocenters. The van der Waals surface area contributed by atoms with Crippen molar-refractivity contribution in [2.75, 3.05) is 6.61 Å². The third-order valence-electron chi connectivity index (χ3n) is 2.00. The third-order valence-corrected chi connectivity index (χ3v) is 3.31. The van der Waals surface area contributed by atoms with Crippen LogP contribution in [0.15, 0.2) is 0 Å². The molecule has 0 aromatic carbocycles. The summed E-state index contributed by atoms with van der Waals surface area (Å²) in [6.45, 7) is -0.334. The Morgan fingerprint density at radius 1 is 1.55 bits per heavy atom. The molecule has 66 valence electrons. The molecule has 0 radical (unpaired) electrons. The first-order valence-corrected chi connectivity index (χ1v) is 4.61. The van der Waals surface area contributed by atoms with Crippen LogP contribution >= 0.6 is 0 Å². The van der Waals surface area contributed by atoms with E-state index in [1.807, 2.05) is 0 Å². The Balaban J connectivity index is 2.41. The third kappa shape index (κ3) is 1.99. The van der Waals surface area contributed by atoms with Crippen molar-refractivity contribution in [1.29, 1.82) is 0 Å². The predicted octanol–water partition coefficient (Wildman–Crippen LogP) is -0.516. The van der Waals surface area contributed by atoms with Gasteiger partial charge in [-0.3, -0.25) is 0 Å². The molecule has 0 heterocycles. The molecule has 1 saturated carbocycles. The first-order valence-electron chi connectivity index (χ1n) is 3.50. The van der Waals surface area contributed by atoms with E-state index in [9.17, 15) is 4.21 Å². The van der Waals surface area contributed by atoms with Crippen LogP contribution < -0.4 is 0 Å². The predicted molar refractivity (Wildman–Crippen MR) is 40.4 cm³/mol. The van der Waals surface area contributed by atoms with E-state index in [1.54, 1.807) is 0 Å². The lowest BCUT2D eigenvalue weighted by Gasteiger charge is -2.13. The molecule has 0 spiro atoms. The molecule has 1 unspecified atom stereocenters. The van der Waals surface area contributed by atoms with Crippen molar-refractivity contribution < 1.29 is 19.0 Å². The minimum Gasteiger partial charge on any atom is -0.394 e. The number of hydrogen-bond acceptors (Lipinski definition) is 3. The number of hydrogen-bond donors (Lipinski definition) is 3. The molecule has 1 aliphatic rings. The van der Waals surface area contributed by atoms with Gasteiger partial charge in [0.25, 0.3) is 0 Å². The van der Waals surface area contributed by atoms with Crippen LogP contribution in [0.5, 0.6) is 0 Å². The summed E-state index contributed by atoms with van der Waals surface area (Å²) in [6, 6.07) is 0. The lowest BCUT2D eigenvalue weighted by molar-refractivity contribution is 0.0857. The Bertz CT molecular complexity index is 166. The van der Waals surface area contributed by atoms with E-state index in [-0.39, 0.29) is 13.0 Å². The summed E-state index contributed by atoms with van der Waals surface area (Å²) in [5, 5.41) is 17.5. The Kier molecular flexibility index (Phi) is 2.64. The summed E-state index contributed by atoms with van der Waals surface area (Å²) in [5.74, 6) is 0. The topological polar surface area (TPSA) is 77.8 Å². The molecule has 1 aliphatic carbocycles. The maximum absolute atomic E-state index is 10.7. The number of aliphatic hydroxyl groups is 2. The minimum absolute atomic E-state index is 0.229. The van der Waals surface area contributed by atoms with Crippen LogP contribution in [0.1, 0.15) is 19.3 Å². The average molecular weight is 180 g/mol. The van der Waals surface area contributed by atoms with E-state index in [0.717, 1.165) is 0 Å². The van der Waals surface area contributed by atoms with Gasteiger partial charge in [-0.05, 0) is 19.3 Å². The molecule has 0 aromatic rings. The normalized spacial score (nSPS) is 26.1. The first-order chi connectivity index (χ1) is 5.10. The molecule has 4 nitrogen and oxygen atoms in total. The van der Waals surface area contributed by atoms with Crippen molar-refractivity contribution in [3.8, 4) is 0 Å². The lowest BCUT2D eigenvalue weighted by atomic mass is 10.2. The molecule has 5 heteroatoms. The summed E-state index contributed by atoms with van der Waals surface area (Å²) >= 11 is -1.86. The van der Waals surface area contributed by atoms with Crippen LogP contribution in [0.4, 0.5) is 0 Å². The molecule has 11 heavy (non-hydrogen) atoms. The van der Waals surface area contributed by atoms with E-state index < -0.39 is 21.9 Å². The van der Waals surface area contributed by atoms with Crippen LogP contribution in [-0.4, -0.2) is 36.4 Å². The van der Waals surface area contributed by atoms with E-state index in [2.05, 4.69) is 0 Å². The fraction of sp³-hybridized carbons (Fsp3) is 1.00. The second-order valence-electron chi connectivity index (χ2n) is 2.97. The molecule has 1 fully saturated rings. The van der Waals surface area contributed by atoms with Gasteiger partial charge in [-0.2, -0.15) is 0 Å². The van der Waals surface area contributed by atoms with Gasteiger partial charge in [-0.1, -0.05) is 0 Å². The smallest absolute Gasteiger partial charge is 0.159 e.